The van der Waals surface area contributed by atoms with Crippen LogP contribution in [0.2, 0.25) is 10.0 Å². The second kappa shape index (κ2) is 7.23. The van der Waals surface area contributed by atoms with Gasteiger partial charge in [-0.1, -0.05) is 47.1 Å². The summed E-state index contributed by atoms with van der Waals surface area (Å²) in [4.78, 5) is 29.1. The minimum Gasteiger partial charge on any atom is -0.312 e. The van der Waals surface area contributed by atoms with Gasteiger partial charge < -0.3 is 9.88 Å². The van der Waals surface area contributed by atoms with Crippen LogP contribution in [0.4, 0.5) is 5.82 Å². The number of fused-ring (bicyclic) bond motifs is 1. The summed E-state index contributed by atoms with van der Waals surface area (Å²) in [5.74, 6) is 0.431. The first-order chi connectivity index (χ1) is 11.9. The van der Waals surface area contributed by atoms with Crippen molar-refractivity contribution < 1.29 is 4.79 Å². The third-order valence-corrected chi connectivity index (χ3v) is 5.56. The smallest absolute Gasteiger partial charge is 0.279 e. The molecule has 0 saturated carbocycles. The first-order valence-corrected chi connectivity index (χ1v) is 9.26. The van der Waals surface area contributed by atoms with Gasteiger partial charge in [0, 0.05) is 35.2 Å². The highest BCUT2D eigenvalue weighted by Gasteiger charge is 2.33. The minimum atomic E-state index is -0.460. The number of nitrogens with zero attached hydrogens (tertiary/aromatic N) is 2. The van der Waals surface area contributed by atoms with Gasteiger partial charge >= 0.3 is 0 Å². The lowest BCUT2D eigenvalue weighted by Crippen LogP contribution is -2.33. The molecular weight excluding hydrogens is 381 g/mol. The molecule has 3 rings (SSSR count). The lowest BCUT2D eigenvalue weighted by molar-refractivity contribution is -0.116. The molecule has 0 saturated heterocycles. The van der Waals surface area contributed by atoms with Crippen molar-refractivity contribution in [3.8, 4) is 0 Å². The van der Waals surface area contributed by atoms with E-state index in [1.54, 1.807) is 35.9 Å². The van der Waals surface area contributed by atoms with Gasteiger partial charge in [-0.2, -0.15) is 4.98 Å². The Bertz CT molecular complexity index is 927. The van der Waals surface area contributed by atoms with Gasteiger partial charge in [0.2, 0.25) is 5.91 Å². The van der Waals surface area contributed by atoms with Gasteiger partial charge in [-0.3, -0.25) is 9.59 Å². The Hall–Kier alpha value is -1.76. The standard InChI is InChI=1S/C17H15Cl2N3O2S/c1-3-6-25-17-21-16(24)14-11(8-13(23)20-15(14)22(17)2)10-5-4-9(18)7-12(10)19/h3-5,7,11H,1,6,8H2,2H3,(H,20,23). The quantitative estimate of drug-likeness (QED) is 0.485. The summed E-state index contributed by atoms with van der Waals surface area (Å²) in [5, 5.41) is 4.23. The van der Waals surface area contributed by atoms with E-state index in [9.17, 15) is 9.59 Å². The Morgan fingerprint density at radius 3 is 2.88 bits per heavy atom. The summed E-state index contributed by atoms with van der Waals surface area (Å²) < 4.78 is 1.72. The lowest BCUT2D eigenvalue weighted by Gasteiger charge is -2.28. The van der Waals surface area contributed by atoms with Gasteiger partial charge in [0.05, 0.1) is 5.56 Å². The Labute approximate surface area is 159 Å². The molecule has 1 aliphatic rings. The summed E-state index contributed by atoms with van der Waals surface area (Å²) in [7, 11) is 1.77. The molecule has 1 aromatic heterocycles. The van der Waals surface area contributed by atoms with Crippen LogP contribution >= 0.6 is 35.0 Å². The molecule has 1 N–H and O–H groups in total. The second-order valence-corrected chi connectivity index (χ2v) is 7.42. The first-order valence-electron chi connectivity index (χ1n) is 7.51. The van der Waals surface area contributed by atoms with E-state index in [1.807, 2.05) is 0 Å². The zero-order valence-corrected chi connectivity index (χ0v) is 15.7. The van der Waals surface area contributed by atoms with Crippen molar-refractivity contribution in [1.82, 2.24) is 9.55 Å². The number of carbonyl (C=O) groups excluding carboxylic acids is 1. The van der Waals surface area contributed by atoms with Gasteiger partial charge in [-0.25, -0.2) is 0 Å². The van der Waals surface area contributed by atoms with Gasteiger partial charge in [0.15, 0.2) is 5.16 Å². The number of rotatable bonds is 4. The molecule has 2 aromatic rings. The van der Waals surface area contributed by atoms with Gasteiger partial charge in [0.1, 0.15) is 5.82 Å². The maximum absolute atomic E-state index is 12.7. The third kappa shape index (κ3) is 3.47. The van der Waals surface area contributed by atoms with E-state index in [2.05, 4.69) is 16.9 Å². The molecule has 2 heterocycles. The molecule has 1 unspecified atom stereocenters. The second-order valence-electron chi connectivity index (χ2n) is 5.59. The number of aromatic nitrogens is 2. The fourth-order valence-electron chi connectivity index (χ4n) is 2.85. The zero-order valence-electron chi connectivity index (χ0n) is 13.4. The van der Waals surface area contributed by atoms with Crippen LogP contribution < -0.4 is 10.9 Å². The van der Waals surface area contributed by atoms with E-state index in [1.165, 1.54) is 11.8 Å². The Morgan fingerprint density at radius 1 is 1.44 bits per heavy atom. The number of halogens is 2. The molecule has 1 aliphatic heterocycles. The number of benzene rings is 1. The van der Waals surface area contributed by atoms with Crippen LogP contribution in [0.25, 0.3) is 0 Å². The third-order valence-electron chi connectivity index (χ3n) is 3.97. The van der Waals surface area contributed by atoms with Crippen molar-refractivity contribution in [3.63, 3.8) is 0 Å². The topological polar surface area (TPSA) is 64.0 Å². The highest BCUT2D eigenvalue weighted by atomic mass is 35.5. The maximum atomic E-state index is 12.7. The van der Waals surface area contributed by atoms with Gasteiger partial charge in [-0.05, 0) is 17.7 Å². The molecule has 5 nitrogen and oxygen atoms in total. The molecular formula is C17H15Cl2N3O2S. The Balaban J connectivity index is 2.18. The summed E-state index contributed by atoms with van der Waals surface area (Å²) >= 11 is 13.6. The lowest BCUT2D eigenvalue weighted by atomic mass is 9.86. The van der Waals surface area contributed by atoms with E-state index in [4.69, 9.17) is 23.2 Å². The van der Waals surface area contributed by atoms with Gasteiger partial charge in [-0.15, -0.1) is 6.58 Å². The molecule has 0 spiro atoms. The Kier molecular flexibility index (Phi) is 5.22. The van der Waals surface area contributed by atoms with E-state index in [0.29, 0.717) is 37.9 Å². The van der Waals surface area contributed by atoms with E-state index < -0.39 is 5.92 Å². The van der Waals surface area contributed by atoms with Crippen molar-refractivity contribution >= 4 is 46.7 Å². The zero-order chi connectivity index (χ0) is 18.1. The number of nitrogens with one attached hydrogen (secondary N) is 1. The molecule has 8 heteroatoms. The normalized spacial score (nSPS) is 16.3. The summed E-state index contributed by atoms with van der Waals surface area (Å²) in [6.07, 6.45) is 1.86. The molecule has 130 valence electrons. The predicted molar refractivity (Wildman–Crippen MR) is 102 cm³/mol. The molecule has 25 heavy (non-hydrogen) atoms. The first kappa shape index (κ1) is 18.0. The van der Waals surface area contributed by atoms with Crippen molar-refractivity contribution in [1.29, 1.82) is 0 Å². The largest absolute Gasteiger partial charge is 0.312 e. The van der Waals surface area contributed by atoms with Gasteiger partial charge in [0.25, 0.3) is 5.56 Å². The monoisotopic (exact) mass is 395 g/mol. The minimum absolute atomic E-state index is 0.129. The molecule has 0 fully saturated rings. The van der Waals surface area contributed by atoms with E-state index >= 15 is 0 Å². The van der Waals surface area contributed by atoms with Crippen LogP contribution in [-0.2, 0) is 11.8 Å². The van der Waals surface area contributed by atoms with Crippen LogP contribution in [0, 0.1) is 0 Å². The number of hydrogen-bond donors (Lipinski definition) is 1. The SMILES string of the molecule is C=CCSc1nc(=O)c2c(n1C)NC(=O)CC2c1ccc(Cl)cc1Cl. The molecule has 1 aromatic carbocycles. The van der Waals surface area contributed by atoms with Crippen molar-refractivity contribution in [2.45, 2.75) is 17.5 Å². The van der Waals surface area contributed by atoms with E-state index in [0.717, 1.165) is 0 Å². The molecule has 0 radical (unpaired) electrons. The number of anilines is 1. The van der Waals surface area contributed by atoms with Crippen molar-refractivity contribution in [2.24, 2.45) is 7.05 Å². The highest BCUT2D eigenvalue weighted by Crippen LogP contribution is 2.39. The predicted octanol–water partition coefficient (Wildman–Crippen LogP) is 3.84. The average Bonchev–Trinajstić information content (AvgIpc) is 2.56. The van der Waals surface area contributed by atoms with Crippen molar-refractivity contribution in [2.75, 3.05) is 11.1 Å². The summed E-state index contributed by atoms with van der Waals surface area (Å²) in [5.41, 5.74) is 0.762. The van der Waals surface area contributed by atoms with Crippen molar-refractivity contribution in [3.05, 3.63) is 62.4 Å². The molecule has 1 amide bonds. The fraction of sp³-hybridized carbons (Fsp3) is 0.235. The van der Waals surface area contributed by atoms with Crippen LogP contribution in [0.3, 0.4) is 0 Å². The average molecular weight is 396 g/mol. The Morgan fingerprint density at radius 2 is 2.20 bits per heavy atom. The van der Waals surface area contributed by atoms with Crippen LogP contribution in [0.1, 0.15) is 23.5 Å². The number of hydrogen-bond acceptors (Lipinski definition) is 4. The summed E-state index contributed by atoms with van der Waals surface area (Å²) in [6, 6.07) is 5.05. The van der Waals surface area contributed by atoms with Crippen LogP contribution in [0.15, 0.2) is 40.8 Å². The molecule has 0 aliphatic carbocycles. The fourth-order valence-corrected chi connectivity index (χ4v) is 4.09. The molecule has 1 atom stereocenters. The molecule has 0 bridgehead atoms. The van der Waals surface area contributed by atoms with Crippen LogP contribution in [0.5, 0.6) is 0 Å². The summed E-state index contributed by atoms with van der Waals surface area (Å²) in [6.45, 7) is 3.66. The number of amides is 1. The maximum Gasteiger partial charge on any atom is 0.279 e. The number of carbonyl (C=O) groups is 1. The van der Waals surface area contributed by atoms with Crippen LogP contribution in [-0.4, -0.2) is 21.2 Å². The highest BCUT2D eigenvalue weighted by molar-refractivity contribution is 7.99. The van der Waals surface area contributed by atoms with E-state index in [-0.39, 0.29) is 17.9 Å². The number of thioether (sulfide) groups is 1.